The van der Waals surface area contributed by atoms with Crippen molar-refractivity contribution in [3.05, 3.63) is 40.2 Å². The van der Waals surface area contributed by atoms with Crippen molar-refractivity contribution >= 4 is 11.8 Å². The first-order valence-electron chi connectivity index (χ1n) is 11.1. The molecule has 1 saturated carbocycles. The Labute approximate surface area is 188 Å². The van der Waals surface area contributed by atoms with Gasteiger partial charge in [0.1, 0.15) is 11.8 Å². The molecule has 2 aliphatic rings. The first kappa shape index (κ1) is 22.2. The molecular formula is C25H31NO6. The number of ketones is 1. The van der Waals surface area contributed by atoms with Crippen LogP contribution in [0.3, 0.4) is 0 Å². The number of esters is 1. The van der Waals surface area contributed by atoms with Crippen molar-refractivity contribution < 1.29 is 28.5 Å². The largest absolute Gasteiger partial charge is 0.493 e. The number of carbonyl (C=O) groups excluding carboxylic acids is 2. The smallest absolute Gasteiger partial charge is 0.355 e. The fourth-order valence-electron chi connectivity index (χ4n) is 5.09. The van der Waals surface area contributed by atoms with Gasteiger partial charge in [0.05, 0.1) is 21.3 Å². The van der Waals surface area contributed by atoms with E-state index in [0.717, 1.165) is 30.5 Å². The zero-order valence-electron chi connectivity index (χ0n) is 19.4. The minimum Gasteiger partial charge on any atom is -0.493 e. The van der Waals surface area contributed by atoms with E-state index in [1.807, 2.05) is 19.1 Å². The molecule has 32 heavy (non-hydrogen) atoms. The van der Waals surface area contributed by atoms with Crippen LogP contribution in [0.25, 0.3) is 0 Å². The lowest BCUT2D eigenvalue weighted by molar-refractivity contribution is 0.0219. The molecule has 7 nitrogen and oxygen atoms in total. The third kappa shape index (κ3) is 3.85. The average molecular weight is 442 g/mol. The fourth-order valence-corrected chi connectivity index (χ4v) is 5.09. The number of rotatable bonds is 6. The quantitative estimate of drug-likeness (QED) is 0.659. The van der Waals surface area contributed by atoms with Gasteiger partial charge in [-0.3, -0.25) is 4.79 Å². The molecule has 7 heteroatoms. The van der Waals surface area contributed by atoms with Crippen molar-refractivity contribution in [3.8, 4) is 17.2 Å². The van der Waals surface area contributed by atoms with Gasteiger partial charge < -0.3 is 23.9 Å². The number of carbonyl (C=O) groups is 2. The summed E-state index contributed by atoms with van der Waals surface area (Å²) in [6, 6.07) is 3.77. The molecule has 0 spiro atoms. The highest BCUT2D eigenvalue weighted by Gasteiger charge is 2.34. The number of methoxy groups -OCH3 is 3. The number of nitrogens with one attached hydrogen (secondary N) is 1. The molecule has 1 aromatic carbocycles. The maximum absolute atomic E-state index is 13.1. The number of H-pyrrole nitrogens is 1. The first-order valence-corrected chi connectivity index (χ1v) is 11.1. The Hall–Kier alpha value is -2.96. The molecule has 4 rings (SSSR count). The number of hydrogen-bond donors (Lipinski definition) is 1. The van der Waals surface area contributed by atoms with E-state index in [1.54, 1.807) is 21.3 Å². The topological polar surface area (TPSA) is 86.9 Å². The molecule has 3 unspecified atom stereocenters. The minimum atomic E-state index is -0.368. The molecule has 2 aliphatic carbocycles. The molecule has 0 amide bonds. The van der Waals surface area contributed by atoms with Crippen molar-refractivity contribution in [1.82, 2.24) is 4.98 Å². The highest BCUT2D eigenvalue weighted by atomic mass is 16.5. The monoisotopic (exact) mass is 441 g/mol. The average Bonchev–Trinajstić information content (AvgIpc) is 3.35. The highest BCUT2D eigenvalue weighted by Crippen LogP contribution is 2.43. The molecule has 0 bridgehead atoms. The third-order valence-electron chi connectivity index (χ3n) is 6.89. The van der Waals surface area contributed by atoms with Crippen LogP contribution < -0.4 is 14.2 Å². The molecular weight excluding hydrogens is 410 g/mol. The maximum atomic E-state index is 13.1. The Balaban J connectivity index is 1.62. The number of fused-ring (bicyclic) bond motifs is 1. The van der Waals surface area contributed by atoms with E-state index in [2.05, 4.69) is 11.9 Å². The van der Waals surface area contributed by atoms with Crippen LogP contribution in [0.2, 0.25) is 0 Å². The number of benzene rings is 1. The van der Waals surface area contributed by atoms with Crippen molar-refractivity contribution in [1.29, 1.82) is 0 Å². The summed E-state index contributed by atoms with van der Waals surface area (Å²) in [5.74, 6) is 1.58. The van der Waals surface area contributed by atoms with Crippen molar-refractivity contribution in [3.63, 3.8) is 0 Å². The van der Waals surface area contributed by atoms with Crippen LogP contribution >= 0.6 is 0 Å². The summed E-state index contributed by atoms with van der Waals surface area (Å²) in [5, 5.41) is 0. The van der Waals surface area contributed by atoms with E-state index in [-0.39, 0.29) is 23.8 Å². The van der Waals surface area contributed by atoms with Crippen LogP contribution in [-0.2, 0) is 11.2 Å². The lowest BCUT2D eigenvalue weighted by Gasteiger charge is -2.24. The van der Waals surface area contributed by atoms with Gasteiger partial charge in [0.2, 0.25) is 5.75 Å². The van der Waals surface area contributed by atoms with E-state index >= 15 is 0 Å². The third-order valence-corrected chi connectivity index (χ3v) is 6.89. The molecule has 2 aromatic rings. The van der Waals surface area contributed by atoms with Crippen LogP contribution in [0, 0.1) is 12.8 Å². The van der Waals surface area contributed by atoms with Gasteiger partial charge in [0.25, 0.3) is 0 Å². The van der Waals surface area contributed by atoms with Crippen LogP contribution in [0.15, 0.2) is 12.1 Å². The molecule has 1 fully saturated rings. The van der Waals surface area contributed by atoms with E-state index < -0.39 is 0 Å². The molecule has 0 aliphatic heterocycles. The Kier molecular flexibility index (Phi) is 6.17. The molecule has 1 aromatic heterocycles. The highest BCUT2D eigenvalue weighted by molar-refractivity contribution is 6.03. The molecule has 0 saturated heterocycles. The predicted octanol–water partition coefficient (Wildman–Crippen LogP) is 4.61. The van der Waals surface area contributed by atoms with Crippen molar-refractivity contribution in [2.75, 3.05) is 21.3 Å². The summed E-state index contributed by atoms with van der Waals surface area (Å²) in [4.78, 5) is 29.2. The summed E-state index contributed by atoms with van der Waals surface area (Å²) in [5.41, 5.74) is 3.41. The van der Waals surface area contributed by atoms with Gasteiger partial charge in [-0.05, 0) is 67.7 Å². The summed E-state index contributed by atoms with van der Waals surface area (Å²) in [6.07, 6.45) is 3.95. The van der Waals surface area contributed by atoms with Crippen LogP contribution in [0.1, 0.15) is 76.2 Å². The van der Waals surface area contributed by atoms with Gasteiger partial charge in [-0.1, -0.05) is 6.92 Å². The molecule has 172 valence electrons. The number of aromatic nitrogens is 1. The van der Waals surface area contributed by atoms with Gasteiger partial charge in [0.15, 0.2) is 17.3 Å². The number of Topliss-reactive ketones (excluding diaryl/α,β-unsaturated/α-hetero) is 1. The molecule has 0 radical (unpaired) electrons. The Morgan fingerprint density at radius 3 is 2.28 bits per heavy atom. The SMILES string of the molecule is COc1cc(C2CC(=O)c3c([nH]c(C(=O)OC4CCCC4C)c3C)C2)cc(OC)c1OC. The number of aromatic amines is 1. The van der Waals surface area contributed by atoms with Gasteiger partial charge in [0, 0.05) is 17.7 Å². The molecule has 3 atom stereocenters. The maximum Gasteiger partial charge on any atom is 0.355 e. The summed E-state index contributed by atoms with van der Waals surface area (Å²) in [7, 11) is 4.70. The predicted molar refractivity (Wildman–Crippen MR) is 119 cm³/mol. The first-order chi connectivity index (χ1) is 15.4. The van der Waals surface area contributed by atoms with E-state index in [9.17, 15) is 9.59 Å². The van der Waals surface area contributed by atoms with Crippen molar-refractivity contribution in [2.24, 2.45) is 5.92 Å². The fraction of sp³-hybridized carbons (Fsp3) is 0.520. The van der Waals surface area contributed by atoms with Crippen LogP contribution in [-0.4, -0.2) is 44.2 Å². The van der Waals surface area contributed by atoms with Gasteiger partial charge in [-0.25, -0.2) is 4.79 Å². The minimum absolute atomic E-state index is 0.0204. The van der Waals surface area contributed by atoms with Crippen LogP contribution in [0.4, 0.5) is 0 Å². The van der Waals surface area contributed by atoms with Gasteiger partial charge in [-0.2, -0.15) is 0 Å². The zero-order valence-corrected chi connectivity index (χ0v) is 19.4. The summed E-state index contributed by atoms with van der Waals surface area (Å²) in [6.45, 7) is 3.94. The second-order valence-corrected chi connectivity index (χ2v) is 8.82. The van der Waals surface area contributed by atoms with Gasteiger partial charge in [-0.15, -0.1) is 0 Å². The normalized spacial score (nSPS) is 22.4. The summed E-state index contributed by atoms with van der Waals surface area (Å²) < 4.78 is 22.1. The lowest BCUT2D eigenvalue weighted by atomic mass is 9.81. The molecule has 1 N–H and O–H groups in total. The summed E-state index contributed by atoms with van der Waals surface area (Å²) >= 11 is 0. The standard InChI is InChI=1S/C25H31NO6/c1-13-7-6-8-19(13)32-25(28)23-14(2)22-17(26-23)9-15(10-18(22)27)16-11-20(29-3)24(31-5)21(12-16)30-4/h11-13,15,19,26H,6-10H2,1-5H3. The zero-order chi connectivity index (χ0) is 23.0. The van der Waals surface area contributed by atoms with Crippen LogP contribution in [0.5, 0.6) is 17.2 Å². The van der Waals surface area contributed by atoms with E-state index in [1.165, 1.54) is 0 Å². The Morgan fingerprint density at radius 1 is 1.03 bits per heavy atom. The second-order valence-electron chi connectivity index (χ2n) is 8.82. The van der Waals surface area contributed by atoms with E-state index in [4.69, 9.17) is 18.9 Å². The van der Waals surface area contributed by atoms with Gasteiger partial charge >= 0.3 is 5.97 Å². The Bertz CT molecular complexity index is 1010. The number of ether oxygens (including phenoxy) is 4. The lowest BCUT2D eigenvalue weighted by Crippen LogP contribution is -2.21. The Morgan fingerprint density at radius 2 is 1.72 bits per heavy atom. The number of hydrogen-bond acceptors (Lipinski definition) is 6. The van der Waals surface area contributed by atoms with E-state index in [0.29, 0.717) is 52.8 Å². The second kappa shape index (κ2) is 8.88. The van der Waals surface area contributed by atoms with Crippen molar-refractivity contribution in [2.45, 2.75) is 58.0 Å². The molecule has 1 heterocycles.